The second-order valence-corrected chi connectivity index (χ2v) is 13.9. The highest BCUT2D eigenvalue weighted by molar-refractivity contribution is 5.87. The zero-order valence-electron chi connectivity index (χ0n) is 25.8. The van der Waals surface area contributed by atoms with E-state index in [1.807, 2.05) is 0 Å². The Morgan fingerprint density at radius 3 is 2.07 bits per heavy atom. The Labute approximate surface area is 246 Å². The van der Waals surface area contributed by atoms with Gasteiger partial charge >= 0.3 is 23.9 Å². The van der Waals surface area contributed by atoms with Gasteiger partial charge in [-0.1, -0.05) is 26.8 Å². The number of aliphatic hydroxyl groups excluding tert-OH is 2. The van der Waals surface area contributed by atoms with E-state index in [1.165, 1.54) is 20.8 Å². The fourth-order valence-electron chi connectivity index (χ4n) is 9.73. The summed E-state index contributed by atoms with van der Waals surface area (Å²) in [6, 6.07) is 0. The molecule has 4 unspecified atom stereocenters. The first-order valence-corrected chi connectivity index (χ1v) is 14.8. The average molecular weight is 593 g/mol. The first kappa shape index (κ1) is 30.9. The second kappa shape index (κ2) is 9.75. The predicted octanol–water partition coefficient (Wildman–Crippen LogP) is 2.45. The molecule has 4 aliphatic carbocycles. The zero-order chi connectivity index (χ0) is 31.3. The number of rotatable bonds is 5. The van der Waals surface area contributed by atoms with Gasteiger partial charge in [-0.15, -0.1) is 0 Å². The smallest absolute Gasteiger partial charge is 0.333 e. The molecule has 1 aliphatic heterocycles. The summed E-state index contributed by atoms with van der Waals surface area (Å²) in [6.07, 6.45) is -4.42. The van der Waals surface area contributed by atoms with Gasteiger partial charge in [-0.3, -0.25) is 14.4 Å². The van der Waals surface area contributed by atoms with Crippen molar-refractivity contribution in [2.45, 2.75) is 117 Å². The summed E-state index contributed by atoms with van der Waals surface area (Å²) < 4.78 is 30.7. The molecule has 5 rings (SSSR count). The zero-order valence-corrected chi connectivity index (χ0v) is 25.8. The molecule has 0 aromatic carbocycles. The van der Waals surface area contributed by atoms with Crippen molar-refractivity contribution < 1.29 is 53.1 Å². The van der Waals surface area contributed by atoms with Gasteiger partial charge in [0.05, 0.1) is 5.92 Å². The molecule has 1 saturated heterocycles. The molecule has 11 nitrogen and oxygen atoms in total. The fraction of sp³-hybridized carbons (Fsp3) is 0.806. The average Bonchev–Trinajstić information content (AvgIpc) is 3.17. The van der Waals surface area contributed by atoms with Crippen LogP contribution in [0.15, 0.2) is 11.6 Å². The standard InChI is InChI=1S/C31H44O11/c1-10-13(2)25(35)40-19-11-18-20(28(18,7)8)23-29(9)26(36)30(41-17(6)34)12-14(3)22(38-15(4)32)21(30)24(39-16(5)33)31(19,23)27(37)42-29/h10,14,18-24,26-27,36-37H,11-12H2,1-9H3/b13-10+/t14?,18-,19?,20-,21+,22?,23-,24+,26+,27+,29+,30?,31+/m0/s1. The number of carbonyl (C=O) groups is 4. The molecule has 2 N–H and O–H groups in total. The molecule has 5 aliphatic rings. The van der Waals surface area contributed by atoms with E-state index in [1.54, 1.807) is 33.8 Å². The Balaban J connectivity index is 1.84. The Bertz CT molecular complexity index is 1230. The Hall–Kier alpha value is -2.50. The lowest BCUT2D eigenvalue weighted by molar-refractivity contribution is -0.287. The van der Waals surface area contributed by atoms with Gasteiger partial charge < -0.3 is 33.9 Å². The maximum atomic E-state index is 13.3. The monoisotopic (exact) mass is 592 g/mol. The van der Waals surface area contributed by atoms with Crippen molar-refractivity contribution in [2.75, 3.05) is 0 Å². The van der Waals surface area contributed by atoms with Crippen LogP contribution in [0.5, 0.6) is 0 Å². The predicted molar refractivity (Wildman–Crippen MR) is 145 cm³/mol. The third-order valence-corrected chi connectivity index (χ3v) is 11.4. The van der Waals surface area contributed by atoms with E-state index < -0.39 is 89.0 Å². The van der Waals surface area contributed by atoms with Crippen LogP contribution in [0, 0.1) is 40.4 Å². The van der Waals surface area contributed by atoms with E-state index in [9.17, 15) is 29.4 Å². The van der Waals surface area contributed by atoms with Crippen molar-refractivity contribution in [3.8, 4) is 0 Å². The number of fused-ring (bicyclic) bond motifs is 2. The van der Waals surface area contributed by atoms with Crippen molar-refractivity contribution in [1.82, 2.24) is 0 Å². The van der Waals surface area contributed by atoms with E-state index in [-0.39, 0.29) is 23.7 Å². The number of hydrogen-bond acceptors (Lipinski definition) is 11. The van der Waals surface area contributed by atoms with Crippen molar-refractivity contribution in [1.29, 1.82) is 0 Å². The molecule has 42 heavy (non-hydrogen) atoms. The van der Waals surface area contributed by atoms with Gasteiger partial charge in [0.1, 0.15) is 35.4 Å². The van der Waals surface area contributed by atoms with E-state index >= 15 is 0 Å². The number of aliphatic hydroxyl groups is 2. The van der Waals surface area contributed by atoms with Crippen LogP contribution < -0.4 is 0 Å². The van der Waals surface area contributed by atoms with Gasteiger partial charge in [0.15, 0.2) is 11.9 Å². The number of hydrogen-bond donors (Lipinski definition) is 2. The van der Waals surface area contributed by atoms with Gasteiger partial charge in [0.25, 0.3) is 0 Å². The molecule has 13 atom stereocenters. The number of ether oxygens (including phenoxy) is 5. The Morgan fingerprint density at radius 1 is 0.905 bits per heavy atom. The molecule has 0 radical (unpaired) electrons. The summed E-state index contributed by atoms with van der Waals surface area (Å²) in [5.41, 5.74) is -4.76. The molecule has 1 heterocycles. The van der Waals surface area contributed by atoms with Gasteiger partial charge in [0.2, 0.25) is 0 Å². The normalized spacial score (nSPS) is 48.1. The SMILES string of the molecule is C/C=C(\C)C(=O)OC1C[C@H]2[C@@H]([C@H]3[C@@]4(C)O[C@@H](O)[C@]13[C@H](OC(C)=O)[C@H]1C(OC(C)=O)C(C)CC1(OC(C)=O)[C@@H]4O)C2(C)C. The van der Waals surface area contributed by atoms with Gasteiger partial charge in [0, 0.05) is 32.3 Å². The van der Waals surface area contributed by atoms with Crippen LogP contribution in [-0.4, -0.2) is 76.0 Å². The van der Waals surface area contributed by atoms with Gasteiger partial charge in [-0.25, -0.2) is 4.79 Å². The van der Waals surface area contributed by atoms with E-state index in [4.69, 9.17) is 23.7 Å². The highest BCUT2D eigenvalue weighted by Crippen LogP contribution is 2.79. The van der Waals surface area contributed by atoms with Crippen LogP contribution in [0.4, 0.5) is 0 Å². The lowest BCUT2D eigenvalue weighted by Crippen LogP contribution is -2.65. The van der Waals surface area contributed by atoms with Gasteiger partial charge in [-0.2, -0.15) is 0 Å². The summed E-state index contributed by atoms with van der Waals surface area (Å²) in [7, 11) is 0. The maximum absolute atomic E-state index is 13.3. The molecule has 2 bridgehead atoms. The molecular weight excluding hydrogens is 548 g/mol. The molecular formula is C31H44O11. The Morgan fingerprint density at radius 2 is 1.52 bits per heavy atom. The molecule has 0 aromatic rings. The molecule has 0 spiro atoms. The van der Waals surface area contributed by atoms with E-state index in [0.29, 0.717) is 12.0 Å². The molecule has 234 valence electrons. The van der Waals surface area contributed by atoms with E-state index in [0.717, 1.165) is 0 Å². The highest BCUT2D eigenvalue weighted by Gasteiger charge is 2.88. The minimum atomic E-state index is -1.72. The van der Waals surface area contributed by atoms with Crippen LogP contribution in [0.1, 0.15) is 75.2 Å². The minimum absolute atomic E-state index is 0.0450. The summed E-state index contributed by atoms with van der Waals surface area (Å²) in [5, 5.41) is 24.5. The lowest BCUT2D eigenvalue weighted by atomic mass is 9.56. The molecule has 0 aromatic heterocycles. The maximum Gasteiger partial charge on any atom is 0.333 e. The van der Waals surface area contributed by atoms with Crippen LogP contribution in [0.25, 0.3) is 0 Å². The van der Waals surface area contributed by atoms with Crippen LogP contribution in [-0.2, 0) is 42.9 Å². The van der Waals surface area contributed by atoms with Crippen molar-refractivity contribution in [3.05, 3.63) is 11.6 Å². The van der Waals surface area contributed by atoms with Crippen LogP contribution >= 0.6 is 0 Å². The first-order valence-electron chi connectivity index (χ1n) is 14.8. The number of allylic oxidation sites excluding steroid dienone is 1. The fourth-order valence-corrected chi connectivity index (χ4v) is 9.73. The topological polar surface area (TPSA) is 155 Å². The minimum Gasteiger partial charge on any atom is -0.462 e. The van der Waals surface area contributed by atoms with Crippen molar-refractivity contribution in [2.24, 2.45) is 40.4 Å². The number of carbonyl (C=O) groups excluding carboxylic acids is 4. The quantitative estimate of drug-likeness (QED) is 0.275. The summed E-state index contributed by atoms with van der Waals surface area (Å²) in [6.45, 7) is 14.7. The summed E-state index contributed by atoms with van der Waals surface area (Å²) >= 11 is 0. The van der Waals surface area contributed by atoms with Crippen LogP contribution in [0.3, 0.4) is 0 Å². The Kier molecular flexibility index (Phi) is 7.19. The van der Waals surface area contributed by atoms with Crippen molar-refractivity contribution >= 4 is 23.9 Å². The molecule has 0 amide bonds. The lowest BCUT2D eigenvalue weighted by Gasteiger charge is -2.52. The van der Waals surface area contributed by atoms with Crippen LogP contribution in [0.2, 0.25) is 0 Å². The van der Waals surface area contributed by atoms with Gasteiger partial charge in [-0.05, 0) is 56.8 Å². The molecule has 5 fully saturated rings. The highest BCUT2D eigenvalue weighted by atomic mass is 16.7. The summed E-state index contributed by atoms with van der Waals surface area (Å²) in [4.78, 5) is 51.4. The number of esters is 4. The largest absolute Gasteiger partial charge is 0.462 e. The first-order chi connectivity index (χ1) is 19.4. The third-order valence-electron chi connectivity index (χ3n) is 11.4. The van der Waals surface area contributed by atoms with E-state index in [2.05, 4.69) is 13.8 Å². The molecule has 11 heteroatoms. The van der Waals surface area contributed by atoms with Crippen molar-refractivity contribution in [3.63, 3.8) is 0 Å². The third kappa shape index (κ3) is 3.95. The second-order valence-electron chi connectivity index (χ2n) is 13.9. The summed E-state index contributed by atoms with van der Waals surface area (Å²) in [5.74, 6) is -4.91. The molecule has 4 saturated carbocycles.